The number of rotatable bonds is 7. The Morgan fingerprint density at radius 2 is 1.75 bits per heavy atom. The van der Waals surface area contributed by atoms with Crippen LogP contribution in [0.15, 0.2) is 36.4 Å². The number of carbonyl (C=O) groups excluding carboxylic acids is 1. The van der Waals surface area contributed by atoms with Crippen LogP contribution < -0.4 is 14.4 Å². The van der Waals surface area contributed by atoms with Crippen molar-refractivity contribution >= 4 is 32.6 Å². The van der Waals surface area contributed by atoms with Gasteiger partial charge < -0.3 is 14.4 Å². The number of fused-ring (bicyclic) bond motifs is 2. The van der Waals surface area contributed by atoms with Crippen LogP contribution in [0.3, 0.4) is 0 Å². The van der Waals surface area contributed by atoms with E-state index in [1.807, 2.05) is 31.2 Å². The van der Waals surface area contributed by atoms with Gasteiger partial charge in [0, 0.05) is 13.1 Å². The minimum atomic E-state index is -0.726. The molecule has 0 fully saturated rings. The van der Waals surface area contributed by atoms with E-state index in [-0.39, 0.29) is 5.91 Å². The molecule has 2 unspecified atom stereocenters. The number of aromatic nitrogens is 1. The summed E-state index contributed by atoms with van der Waals surface area (Å²) in [5.74, 6) is 1.15. The van der Waals surface area contributed by atoms with Crippen molar-refractivity contribution in [1.82, 2.24) is 9.88 Å². The summed E-state index contributed by atoms with van der Waals surface area (Å²) in [5, 5.41) is 0.709. The number of likely N-dealkylation sites (N-methyl/N-ethyl adjacent to an activating group) is 1. The van der Waals surface area contributed by atoms with Gasteiger partial charge in [-0.25, -0.2) is 4.98 Å². The van der Waals surface area contributed by atoms with Crippen molar-refractivity contribution < 1.29 is 14.3 Å². The second-order valence-corrected chi connectivity index (χ2v) is 9.26. The fourth-order valence-corrected chi connectivity index (χ4v) is 5.27. The fraction of sp³-hybridized carbons (Fsp3) is 0.440. The molecule has 2 aromatic carbocycles. The monoisotopic (exact) mass is 453 g/mol. The van der Waals surface area contributed by atoms with Gasteiger partial charge in [-0.05, 0) is 63.2 Å². The smallest absolute Gasteiger partial charge is 0.273 e. The maximum absolute atomic E-state index is 13.8. The highest BCUT2D eigenvalue weighted by Gasteiger charge is 2.38. The Hall–Kier alpha value is -2.64. The number of benzene rings is 2. The molecule has 1 aromatic heterocycles. The largest absolute Gasteiger partial charge is 0.482 e. The Balaban J connectivity index is 1.68. The van der Waals surface area contributed by atoms with Crippen LogP contribution in [0, 0.1) is 13.8 Å². The third-order valence-electron chi connectivity index (χ3n) is 5.94. The first-order valence-electron chi connectivity index (χ1n) is 11.2. The van der Waals surface area contributed by atoms with Crippen LogP contribution >= 0.6 is 11.3 Å². The molecule has 1 amide bonds. The molecule has 0 N–H and O–H groups in total. The lowest BCUT2D eigenvalue weighted by atomic mass is 10.1. The maximum atomic E-state index is 13.8. The third-order valence-corrected chi connectivity index (χ3v) is 6.96. The molecule has 0 saturated heterocycles. The Bertz CT molecular complexity index is 1110. The van der Waals surface area contributed by atoms with Gasteiger partial charge >= 0.3 is 0 Å². The van der Waals surface area contributed by atoms with E-state index >= 15 is 0 Å². The van der Waals surface area contributed by atoms with E-state index in [4.69, 9.17) is 14.5 Å². The average Bonchev–Trinajstić information content (AvgIpc) is 3.20. The molecular formula is C25H31N3O3S. The summed E-state index contributed by atoms with van der Waals surface area (Å²) in [4.78, 5) is 22.8. The number of para-hydroxylation sites is 2. The molecule has 0 radical (unpaired) electrons. The highest BCUT2D eigenvalue weighted by atomic mass is 32.1. The van der Waals surface area contributed by atoms with Gasteiger partial charge in [-0.1, -0.05) is 43.4 Å². The molecule has 4 rings (SSSR count). The summed E-state index contributed by atoms with van der Waals surface area (Å²) < 4.78 is 13.2. The molecule has 32 heavy (non-hydrogen) atoms. The van der Waals surface area contributed by atoms with E-state index in [1.54, 1.807) is 16.2 Å². The second-order valence-electron chi connectivity index (χ2n) is 8.25. The molecule has 2 atom stereocenters. The van der Waals surface area contributed by atoms with Gasteiger partial charge in [0.05, 0.1) is 10.2 Å². The van der Waals surface area contributed by atoms with Crippen LogP contribution in [-0.4, -0.2) is 54.2 Å². The van der Waals surface area contributed by atoms with E-state index in [9.17, 15) is 4.79 Å². The topological polar surface area (TPSA) is 54.9 Å². The van der Waals surface area contributed by atoms with Crippen molar-refractivity contribution in [2.75, 3.05) is 31.1 Å². The van der Waals surface area contributed by atoms with Gasteiger partial charge in [0.1, 0.15) is 6.10 Å². The summed E-state index contributed by atoms with van der Waals surface area (Å²) in [6.07, 6.45) is -1.12. The molecule has 2 heterocycles. The first-order valence-corrected chi connectivity index (χ1v) is 12.1. The van der Waals surface area contributed by atoms with E-state index in [1.165, 1.54) is 5.56 Å². The number of nitrogens with zero attached hydrogens (tertiary/aromatic N) is 3. The predicted molar refractivity (Wildman–Crippen MR) is 130 cm³/mol. The van der Waals surface area contributed by atoms with Gasteiger partial charge in [0.2, 0.25) is 6.10 Å². The average molecular weight is 454 g/mol. The molecule has 0 spiro atoms. The summed E-state index contributed by atoms with van der Waals surface area (Å²) in [6, 6.07) is 11.8. The number of anilines is 1. The van der Waals surface area contributed by atoms with Gasteiger partial charge in [-0.2, -0.15) is 0 Å². The summed E-state index contributed by atoms with van der Waals surface area (Å²) in [7, 11) is 0. The van der Waals surface area contributed by atoms with E-state index < -0.39 is 12.2 Å². The van der Waals surface area contributed by atoms with Crippen molar-refractivity contribution in [3.63, 3.8) is 0 Å². The van der Waals surface area contributed by atoms with E-state index in [2.05, 4.69) is 44.7 Å². The lowest BCUT2D eigenvalue weighted by Gasteiger charge is -2.34. The zero-order valence-corrected chi connectivity index (χ0v) is 20.2. The first kappa shape index (κ1) is 22.6. The number of hydrogen-bond acceptors (Lipinski definition) is 6. The van der Waals surface area contributed by atoms with Crippen molar-refractivity contribution in [3.8, 4) is 11.5 Å². The number of aryl methyl sites for hydroxylation is 2. The lowest BCUT2D eigenvalue weighted by molar-refractivity contribution is -0.130. The maximum Gasteiger partial charge on any atom is 0.273 e. The molecule has 3 aromatic rings. The molecule has 170 valence electrons. The first-order chi connectivity index (χ1) is 15.4. The second kappa shape index (κ2) is 9.46. The molecule has 7 heteroatoms. The Morgan fingerprint density at radius 3 is 2.44 bits per heavy atom. The van der Waals surface area contributed by atoms with Gasteiger partial charge in [-0.15, -0.1) is 0 Å². The number of carbonyl (C=O) groups is 1. The third kappa shape index (κ3) is 4.45. The van der Waals surface area contributed by atoms with Crippen LogP contribution in [0.4, 0.5) is 5.13 Å². The Kier molecular flexibility index (Phi) is 6.67. The number of hydrogen-bond donors (Lipinski definition) is 0. The highest BCUT2D eigenvalue weighted by Crippen LogP contribution is 2.36. The number of amides is 1. The number of ether oxygens (including phenoxy) is 2. The molecule has 0 saturated carbocycles. The van der Waals surface area contributed by atoms with Crippen molar-refractivity contribution in [2.24, 2.45) is 0 Å². The standard InChI is InChI=1S/C25H31N3O3S/c1-6-27(7-2)12-13-28(25-26-22-17(4)14-16(3)15-21(22)32-25)24(29)23-18(5)30-19-10-8-9-11-20(19)31-23/h8-11,14-15,18,23H,6-7,12-13H2,1-5H3. The van der Waals surface area contributed by atoms with Crippen molar-refractivity contribution in [3.05, 3.63) is 47.5 Å². The molecule has 1 aliphatic heterocycles. The van der Waals surface area contributed by atoms with E-state index in [0.717, 1.165) is 35.4 Å². The minimum Gasteiger partial charge on any atom is -0.482 e. The molecule has 0 aliphatic carbocycles. The fourth-order valence-electron chi connectivity index (χ4n) is 4.10. The van der Waals surface area contributed by atoms with Gasteiger partial charge in [-0.3, -0.25) is 9.69 Å². The van der Waals surface area contributed by atoms with Crippen LogP contribution in [0.5, 0.6) is 11.5 Å². The zero-order chi connectivity index (χ0) is 22.8. The quantitative estimate of drug-likeness (QED) is 0.514. The lowest BCUT2D eigenvalue weighted by Crippen LogP contribution is -2.52. The number of thiazole rings is 1. The summed E-state index contributed by atoms with van der Waals surface area (Å²) in [6.45, 7) is 13.5. The molecule has 1 aliphatic rings. The zero-order valence-electron chi connectivity index (χ0n) is 19.4. The van der Waals surface area contributed by atoms with Crippen molar-refractivity contribution in [2.45, 2.75) is 46.8 Å². The van der Waals surface area contributed by atoms with Gasteiger partial charge in [0.25, 0.3) is 5.91 Å². The van der Waals surface area contributed by atoms with Crippen LogP contribution in [0.2, 0.25) is 0 Å². The Labute approximate surface area is 193 Å². The normalized spacial score (nSPS) is 17.7. The van der Waals surface area contributed by atoms with E-state index in [0.29, 0.717) is 23.2 Å². The van der Waals surface area contributed by atoms with Crippen LogP contribution in [-0.2, 0) is 4.79 Å². The van der Waals surface area contributed by atoms with Crippen LogP contribution in [0.1, 0.15) is 31.9 Å². The highest BCUT2D eigenvalue weighted by molar-refractivity contribution is 7.22. The SMILES string of the molecule is CCN(CC)CCN(C(=O)C1Oc2ccccc2OC1C)c1nc2c(C)cc(C)cc2s1. The van der Waals surface area contributed by atoms with Crippen molar-refractivity contribution in [1.29, 1.82) is 0 Å². The Morgan fingerprint density at radius 1 is 1.06 bits per heavy atom. The van der Waals surface area contributed by atoms with Gasteiger partial charge in [0.15, 0.2) is 16.6 Å². The molecule has 0 bridgehead atoms. The van der Waals surface area contributed by atoms with Crippen LogP contribution in [0.25, 0.3) is 10.2 Å². The predicted octanol–water partition coefficient (Wildman–Crippen LogP) is 4.82. The summed E-state index contributed by atoms with van der Waals surface area (Å²) >= 11 is 1.56. The minimum absolute atomic E-state index is 0.118. The molecule has 6 nitrogen and oxygen atoms in total. The molecular weight excluding hydrogens is 422 g/mol. The summed E-state index contributed by atoms with van der Waals surface area (Å²) in [5.41, 5.74) is 3.27.